The van der Waals surface area contributed by atoms with E-state index in [2.05, 4.69) is 85.6 Å². The van der Waals surface area contributed by atoms with Crippen molar-refractivity contribution >= 4 is 27.5 Å². The third kappa shape index (κ3) is 3.68. The van der Waals surface area contributed by atoms with Crippen LogP contribution in [0.25, 0.3) is 38.7 Å². The average molecular weight is 636 g/mol. The van der Waals surface area contributed by atoms with E-state index in [0.29, 0.717) is 0 Å². The van der Waals surface area contributed by atoms with Crippen LogP contribution in [-0.4, -0.2) is 19.4 Å². The zero-order valence-electron chi connectivity index (χ0n) is 20.0. The number of pyridine rings is 3. The van der Waals surface area contributed by atoms with Gasteiger partial charge >= 0.3 is 21.1 Å². The van der Waals surface area contributed by atoms with E-state index in [1.54, 1.807) is 0 Å². The van der Waals surface area contributed by atoms with Crippen LogP contribution in [0.2, 0.25) is 0 Å². The minimum atomic E-state index is -0.311. The molecule has 0 unspecified atom stereocenters. The molecule has 0 fully saturated rings. The molecule has 4 aromatic heterocycles. The molecular weight excluding hydrogens is 611 g/mol. The van der Waals surface area contributed by atoms with Gasteiger partial charge in [0.25, 0.3) is 0 Å². The van der Waals surface area contributed by atoms with Gasteiger partial charge in [-0.05, 0) is 42.6 Å². The van der Waals surface area contributed by atoms with Gasteiger partial charge in [0, 0.05) is 29.0 Å². The number of hydrogen-bond donors (Lipinski definition) is 0. The van der Waals surface area contributed by atoms with Gasteiger partial charge in [0.15, 0.2) is 0 Å². The van der Waals surface area contributed by atoms with E-state index in [1.807, 2.05) is 36.7 Å². The number of fused-ring (bicyclic) bond motifs is 6. The largest absolute Gasteiger partial charge is 2.00 e. The molecule has 4 nitrogen and oxygen atoms in total. The first-order valence-electron chi connectivity index (χ1n) is 11.5. The molecule has 174 valence electrons. The molecule has 0 bridgehead atoms. The summed E-state index contributed by atoms with van der Waals surface area (Å²) in [5, 5.41) is 2.05. The number of imidazole rings is 1. The summed E-state index contributed by atoms with van der Waals surface area (Å²) in [4.78, 5) is 14.1. The Kier molecular flexibility index (Phi) is 5.81. The predicted octanol–water partition coefficient (Wildman–Crippen LogP) is 6.64. The van der Waals surface area contributed by atoms with E-state index in [9.17, 15) is 0 Å². The van der Waals surface area contributed by atoms with Crippen LogP contribution in [0.3, 0.4) is 0 Å². The Morgan fingerprint density at radius 3 is 2.40 bits per heavy atom. The summed E-state index contributed by atoms with van der Waals surface area (Å²) in [6.45, 7) is 8.62. The molecule has 0 N–H and O–H groups in total. The van der Waals surface area contributed by atoms with Crippen molar-refractivity contribution in [3.63, 3.8) is 0 Å². The summed E-state index contributed by atoms with van der Waals surface area (Å²) in [5.41, 5.74) is 8.91. The molecule has 0 aliphatic rings. The maximum Gasteiger partial charge on any atom is 2.00 e. The quantitative estimate of drug-likeness (QED) is 0.162. The molecule has 0 saturated heterocycles. The van der Waals surface area contributed by atoms with Crippen LogP contribution < -0.4 is 0 Å². The fraction of sp³-hybridized carbons (Fsp3) is 0.167. The van der Waals surface area contributed by atoms with Crippen LogP contribution in [0.15, 0.2) is 73.1 Å². The Labute approximate surface area is 219 Å². The summed E-state index contributed by atoms with van der Waals surface area (Å²) in [7, 11) is 0. The van der Waals surface area contributed by atoms with Crippen molar-refractivity contribution in [1.82, 2.24) is 19.4 Å². The van der Waals surface area contributed by atoms with Crippen LogP contribution in [0.4, 0.5) is 0 Å². The first-order chi connectivity index (χ1) is 16.4. The summed E-state index contributed by atoms with van der Waals surface area (Å²) in [6.07, 6.45) is 3.66. The van der Waals surface area contributed by atoms with Gasteiger partial charge < -0.3 is 14.4 Å². The van der Waals surface area contributed by atoms with Crippen molar-refractivity contribution in [3.8, 4) is 11.3 Å². The Hall–Kier alpha value is -3.36. The fourth-order valence-corrected chi connectivity index (χ4v) is 4.74. The maximum atomic E-state index is 4.85. The summed E-state index contributed by atoms with van der Waals surface area (Å²) < 4.78 is 2.23. The Morgan fingerprint density at radius 2 is 1.60 bits per heavy atom. The van der Waals surface area contributed by atoms with E-state index < -0.39 is 0 Å². The smallest absolute Gasteiger partial charge is 0.339 e. The van der Waals surface area contributed by atoms with Crippen LogP contribution in [0, 0.1) is 26.0 Å². The van der Waals surface area contributed by atoms with Gasteiger partial charge in [0.05, 0.1) is 5.69 Å². The summed E-state index contributed by atoms with van der Waals surface area (Å²) >= 11 is 0. The zero-order chi connectivity index (χ0) is 23.4. The molecule has 0 aliphatic heterocycles. The van der Waals surface area contributed by atoms with E-state index >= 15 is 0 Å². The van der Waals surface area contributed by atoms with E-state index in [1.165, 1.54) is 0 Å². The second-order valence-electron chi connectivity index (χ2n) is 9.29. The van der Waals surface area contributed by atoms with Crippen LogP contribution in [0.1, 0.15) is 36.4 Å². The van der Waals surface area contributed by atoms with E-state index in [-0.39, 0.29) is 26.5 Å². The average Bonchev–Trinajstić information content (AvgIpc) is 3.19. The van der Waals surface area contributed by atoms with Gasteiger partial charge in [-0.2, -0.15) is 0 Å². The van der Waals surface area contributed by atoms with Crippen molar-refractivity contribution in [3.05, 3.63) is 108 Å². The van der Waals surface area contributed by atoms with Gasteiger partial charge in [0.1, 0.15) is 5.65 Å². The molecule has 0 aliphatic carbocycles. The molecule has 6 aromatic rings. The molecule has 6 rings (SSSR count). The molecular formula is C30H24N4Pt. The normalized spacial score (nSPS) is 11.8. The van der Waals surface area contributed by atoms with Crippen LogP contribution in [0.5, 0.6) is 0 Å². The molecule has 4 heterocycles. The Bertz CT molecular complexity index is 1700. The zero-order valence-corrected chi connectivity index (χ0v) is 22.3. The number of nitrogens with zero attached hydrogens (tertiary/aromatic N) is 4. The number of hydrogen-bond acceptors (Lipinski definition) is 3. The van der Waals surface area contributed by atoms with Gasteiger partial charge in [-0.15, -0.1) is 64.5 Å². The number of benzene rings is 2. The third-order valence-electron chi connectivity index (χ3n) is 6.88. The molecule has 0 spiro atoms. The van der Waals surface area contributed by atoms with Gasteiger partial charge in [-0.1, -0.05) is 32.0 Å². The third-order valence-corrected chi connectivity index (χ3v) is 6.88. The van der Waals surface area contributed by atoms with Gasteiger partial charge in [-0.3, -0.25) is 0 Å². The van der Waals surface area contributed by atoms with Crippen molar-refractivity contribution in [1.29, 1.82) is 0 Å². The molecule has 0 atom stereocenters. The van der Waals surface area contributed by atoms with Crippen LogP contribution >= 0.6 is 0 Å². The number of rotatable bonds is 3. The second-order valence-corrected chi connectivity index (χ2v) is 9.29. The second kappa shape index (κ2) is 8.69. The first kappa shape index (κ1) is 23.4. The Balaban J connectivity index is 0.00000253. The minimum absolute atomic E-state index is 0. The molecule has 35 heavy (non-hydrogen) atoms. The fourth-order valence-electron chi connectivity index (χ4n) is 4.74. The molecule has 0 saturated carbocycles. The standard InChI is InChI=1S/C30H24N4.Pt/c1-19-20(2)34-27-14-13-23(18-25(27)28-24(29(34)33-19)11-8-16-32-28)30(3,4)22-10-7-9-21(17-22)26-12-5-6-15-31-26;/h5-16H,1-4H3;/q-2;+2. The number of aromatic nitrogens is 4. The minimum Gasteiger partial charge on any atom is -0.339 e. The Morgan fingerprint density at radius 1 is 0.800 bits per heavy atom. The van der Waals surface area contributed by atoms with Gasteiger partial charge in [-0.25, -0.2) is 4.98 Å². The van der Waals surface area contributed by atoms with Gasteiger partial charge in [0.2, 0.25) is 0 Å². The monoisotopic (exact) mass is 635 g/mol. The van der Waals surface area contributed by atoms with E-state index in [0.717, 1.165) is 61.2 Å². The SMILES string of the molecule is Cc1nc2c3cccnc3c3[c-]c(C(C)(C)c4[c-]c(-c5ccccn5)ccc4)ccc3n2c1C.[Pt+2]. The first-order valence-corrected chi connectivity index (χ1v) is 11.5. The van der Waals surface area contributed by atoms with Crippen molar-refractivity contribution in [2.75, 3.05) is 0 Å². The molecule has 0 amide bonds. The molecule has 5 heteroatoms. The number of aryl methyl sites for hydroxylation is 2. The summed E-state index contributed by atoms with van der Waals surface area (Å²) in [6, 6.07) is 28.0. The van der Waals surface area contributed by atoms with Crippen molar-refractivity contribution in [2.45, 2.75) is 33.1 Å². The maximum absolute atomic E-state index is 4.85. The molecule has 2 aromatic carbocycles. The van der Waals surface area contributed by atoms with Crippen molar-refractivity contribution in [2.24, 2.45) is 0 Å². The van der Waals surface area contributed by atoms with Crippen molar-refractivity contribution < 1.29 is 21.1 Å². The molecule has 0 radical (unpaired) electrons. The van der Waals surface area contributed by atoms with E-state index in [4.69, 9.17) is 9.97 Å². The van der Waals surface area contributed by atoms with Crippen LogP contribution in [-0.2, 0) is 26.5 Å². The topological polar surface area (TPSA) is 43.1 Å². The summed E-state index contributed by atoms with van der Waals surface area (Å²) in [5.74, 6) is 0. The predicted molar refractivity (Wildman–Crippen MR) is 137 cm³/mol.